The van der Waals surface area contributed by atoms with Crippen LogP contribution in [0.15, 0.2) is 47.4 Å². The van der Waals surface area contributed by atoms with Crippen molar-refractivity contribution in [3.8, 4) is 0 Å². The van der Waals surface area contributed by atoms with Gasteiger partial charge in [0.25, 0.3) is 0 Å². The van der Waals surface area contributed by atoms with Crippen LogP contribution in [0.5, 0.6) is 0 Å². The predicted molar refractivity (Wildman–Crippen MR) is 92.5 cm³/mol. The maximum Gasteiger partial charge on any atom is 0.307 e. The Morgan fingerprint density at radius 1 is 1.08 bits per heavy atom. The first-order chi connectivity index (χ1) is 11.8. The van der Waals surface area contributed by atoms with Crippen molar-refractivity contribution in [1.29, 1.82) is 0 Å². The Kier molecular flexibility index (Phi) is 6.78. The normalized spacial score (nSPS) is 11.3. The summed E-state index contributed by atoms with van der Waals surface area (Å²) in [4.78, 5) is 11.6. The summed E-state index contributed by atoms with van der Waals surface area (Å²) in [6.07, 6.45) is -0.226. The molecule has 2 aromatic rings. The largest absolute Gasteiger partial charge is 0.461 e. The molecule has 0 saturated carbocycles. The number of hydrogen-bond donors (Lipinski definition) is 1. The molecule has 2 aromatic carbocycles. The van der Waals surface area contributed by atoms with E-state index >= 15 is 0 Å². The number of halogens is 3. The molecule has 0 spiro atoms. The van der Waals surface area contributed by atoms with Crippen LogP contribution in [0.25, 0.3) is 0 Å². The summed E-state index contributed by atoms with van der Waals surface area (Å²) in [5, 5.41) is 0.221. The van der Waals surface area contributed by atoms with Crippen LogP contribution in [0.4, 0.5) is 4.39 Å². The summed E-state index contributed by atoms with van der Waals surface area (Å²) in [5.41, 5.74) is 0.0640. The molecule has 134 valence electrons. The third-order valence-electron chi connectivity index (χ3n) is 3.19. The molecule has 0 unspecified atom stereocenters. The second kappa shape index (κ2) is 8.62. The van der Waals surface area contributed by atoms with Crippen LogP contribution in [0.1, 0.15) is 12.0 Å². The van der Waals surface area contributed by atoms with Gasteiger partial charge in [-0.25, -0.2) is 17.5 Å². The zero-order valence-electron chi connectivity index (χ0n) is 12.8. The van der Waals surface area contributed by atoms with E-state index in [9.17, 15) is 17.6 Å². The highest BCUT2D eigenvalue weighted by atomic mass is 35.5. The fourth-order valence-corrected chi connectivity index (χ4v) is 3.69. The van der Waals surface area contributed by atoms with Crippen LogP contribution in [0.2, 0.25) is 10.0 Å². The number of esters is 1. The molecular weight excluding hydrogens is 392 g/mol. The lowest BCUT2D eigenvalue weighted by atomic mass is 10.2. The van der Waals surface area contributed by atoms with Crippen molar-refractivity contribution in [2.45, 2.75) is 17.9 Å². The highest BCUT2D eigenvalue weighted by molar-refractivity contribution is 7.89. The van der Waals surface area contributed by atoms with Gasteiger partial charge in [0.1, 0.15) is 17.3 Å². The number of sulfonamides is 1. The van der Waals surface area contributed by atoms with Gasteiger partial charge in [0, 0.05) is 12.1 Å². The van der Waals surface area contributed by atoms with Gasteiger partial charge < -0.3 is 4.74 Å². The maximum atomic E-state index is 13.6. The van der Waals surface area contributed by atoms with E-state index in [1.54, 1.807) is 6.07 Å². The molecule has 2 rings (SSSR count). The second-order valence-electron chi connectivity index (χ2n) is 4.94. The number of rotatable bonds is 7. The molecule has 0 aliphatic carbocycles. The van der Waals surface area contributed by atoms with E-state index in [0.717, 1.165) is 0 Å². The average molecular weight is 406 g/mol. The summed E-state index contributed by atoms with van der Waals surface area (Å²) in [7, 11) is -3.84. The molecule has 0 aromatic heterocycles. The van der Waals surface area contributed by atoms with Gasteiger partial charge in [0.2, 0.25) is 10.0 Å². The minimum atomic E-state index is -3.84. The summed E-state index contributed by atoms with van der Waals surface area (Å²) in [6, 6.07) is 10.1. The Labute approximate surface area is 154 Å². The smallest absolute Gasteiger partial charge is 0.307 e. The van der Waals surface area contributed by atoms with E-state index in [1.165, 1.54) is 36.4 Å². The molecule has 5 nitrogen and oxygen atoms in total. The van der Waals surface area contributed by atoms with E-state index in [2.05, 4.69) is 4.72 Å². The fraction of sp³-hybridized carbons (Fsp3) is 0.188. The van der Waals surface area contributed by atoms with Crippen molar-refractivity contribution < 1.29 is 22.3 Å². The van der Waals surface area contributed by atoms with Crippen molar-refractivity contribution >= 4 is 39.2 Å². The molecule has 9 heteroatoms. The molecule has 0 radical (unpaired) electrons. The van der Waals surface area contributed by atoms with E-state index in [1.807, 2.05) is 0 Å². The summed E-state index contributed by atoms with van der Waals surface area (Å²) < 4.78 is 44.9. The molecule has 0 saturated heterocycles. The Hall–Kier alpha value is -1.67. The van der Waals surface area contributed by atoms with Crippen LogP contribution in [-0.4, -0.2) is 20.9 Å². The number of hydrogen-bond acceptors (Lipinski definition) is 4. The number of nitrogens with one attached hydrogen (secondary N) is 1. The highest BCUT2D eigenvalue weighted by Gasteiger charge is 2.17. The van der Waals surface area contributed by atoms with Gasteiger partial charge in [0.15, 0.2) is 0 Å². The monoisotopic (exact) mass is 405 g/mol. The van der Waals surface area contributed by atoms with Crippen molar-refractivity contribution in [3.63, 3.8) is 0 Å². The van der Waals surface area contributed by atoms with Crippen molar-refractivity contribution in [3.05, 3.63) is 63.9 Å². The fourth-order valence-electron chi connectivity index (χ4n) is 1.92. The third-order valence-corrected chi connectivity index (χ3v) is 5.50. The first-order valence-electron chi connectivity index (χ1n) is 7.14. The third kappa shape index (κ3) is 5.40. The molecule has 0 heterocycles. The van der Waals surface area contributed by atoms with Gasteiger partial charge in [-0.15, -0.1) is 0 Å². The molecule has 0 atom stereocenters. The molecule has 25 heavy (non-hydrogen) atoms. The molecule has 0 bridgehead atoms. The number of carbonyl (C=O) groups excluding carboxylic acids is 1. The SMILES string of the molecule is O=C(CCNS(=O)(=O)c1ccccc1Cl)OCc1c(F)cccc1Cl. The summed E-state index contributed by atoms with van der Waals surface area (Å²) in [6.45, 7) is -0.515. The van der Waals surface area contributed by atoms with E-state index < -0.39 is 21.8 Å². The molecule has 0 amide bonds. The van der Waals surface area contributed by atoms with Crippen LogP contribution in [-0.2, 0) is 26.2 Å². The van der Waals surface area contributed by atoms with E-state index in [4.69, 9.17) is 27.9 Å². The van der Waals surface area contributed by atoms with Gasteiger partial charge in [-0.1, -0.05) is 41.4 Å². The van der Waals surface area contributed by atoms with Gasteiger partial charge >= 0.3 is 5.97 Å². The summed E-state index contributed by atoms with van der Waals surface area (Å²) in [5.74, 6) is -1.28. The van der Waals surface area contributed by atoms with Gasteiger partial charge in [0.05, 0.1) is 16.5 Å². The van der Waals surface area contributed by atoms with E-state index in [0.29, 0.717) is 0 Å². The Bertz CT molecular complexity index is 854. The lowest BCUT2D eigenvalue weighted by Crippen LogP contribution is -2.27. The quantitative estimate of drug-likeness (QED) is 0.714. The molecule has 0 aliphatic heterocycles. The number of benzene rings is 2. The number of ether oxygens (including phenoxy) is 1. The topological polar surface area (TPSA) is 72.5 Å². The lowest BCUT2D eigenvalue weighted by Gasteiger charge is -2.09. The minimum absolute atomic E-state index is 0.0640. The zero-order chi connectivity index (χ0) is 18.4. The van der Waals surface area contributed by atoms with Gasteiger partial charge in [-0.2, -0.15) is 0 Å². The molecular formula is C16H14Cl2FNO4S. The number of carbonyl (C=O) groups is 1. The Balaban J connectivity index is 1.86. The zero-order valence-corrected chi connectivity index (χ0v) is 15.2. The Morgan fingerprint density at radius 2 is 1.76 bits per heavy atom. The summed E-state index contributed by atoms with van der Waals surface area (Å²) >= 11 is 11.7. The van der Waals surface area contributed by atoms with Crippen LogP contribution >= 0.6 is 23.2 Å². The first kappa shape index (κ1) is 19.7. The van der Waals surface area contributed by atoms with Crippen LogP contribution in [0, 0.1) is 5.82 Å². The van der Waals surface area contributed by atoms with Crippen molar-refractivity contribution in [2.24, 2.45) is 0 Å². The van der Waals surface area contributed by atoms with Crippen LogP contribution < -0.4 is 4.72 Å². The Morgan fingerprint density at radius 3 is 2.44 bits per heavy atom. The van der Waals surface area contributed by atoms with Crippen LogP contribution in [0.3, 0.4) is 0 Å². The van der Waals surface area contributed by atoms with E-state index in [-0.39, 0.29) is 40.1 Å². The average Bonchev–Trinajstić information content (AvgIpc) is 2.54. The second-order valence-corrected chi connectivity index (χ2v) is 7.49. The highest BCUT2D eigenvalue weighted by Crippen LogP contribution is 2.21. The molecule has 0 aliphatic rings. The lowest BCUT2D eigenvalue weighted by molar-refractivity contribution is -0.144. The van der Waals surface area contributed by atoms with Gasteiger partial charge in [-0.3, -0.25) is 4.79 Å². The minimum Gasteiger partial charge on any atom is -0.461 e. The standard InChI is InChI=1S/C16H14Cl2FNO4S/c17-12-5-3-6-14(19)11(12)10-24-16(21)8-9-20-25(22,23)15-7-2-1-4-13(15)18/h1-7,20H,8-10H2. The van der Waals surface area contributed by atoms with Crippen molar-refractivity contribution in [2.75, 3.05) is 6.54 Å². The molecule has 0 fully saturated rings. The maximum absolute atomic E-state index is 13.6. The van der Waals surface area contributed by atoms with Gasteiger partial charge in [-0.05, 0) is 24.3 Å². The predicted octanol–water partition coefficient (Wildman–Crippen LogP) is 3.54. The van der Waals surface area contributed by atoms with Crippen molar-refractivity contribution in [1.82, 2.24) is 4.72 Å². The first-order valence-corrected chi connectivity index (χ1v) is 9.38. The molecule has 1 N–H and O–H groups in total.